The van der Waals surface area contributed by atoms with Gasteiger partial charge in [-0.3, -0.25) is 0 Å². The first-order valence-corrected chi connectivity index (χ1v) is 8.02. The zero-order chi connectivity index (χ0) is 15.8. The summed E-state index contributed by atoms with van der Waals surface area (Å²) in [5.41, 5.74) is 2.02. The van der Waals surface area contributed by atoms with Crippen molar-refractivity contribution >= 4 is 11.2 Å². The van der Waals surface area contributed by atoms with Crippen LogP contribution in [0.1, 0.15) is 38.1 Å². The lowest BCUT2D eigenvalue weighted by molar-refractivity contribution is 0.362. The van der Waals surface area contributed by atoms with E-state index < -0.39 is 11.6 Å². The predicted molar refractivity (Wildman–Crippen MR) is 85.0 cm³/mol. The van der Waals surface area contributed by atoms with Gasteiger partial charge in [0.2, 0.25) is 0 Å². The molecule has 0 bridgehead atoms. The zero-order valence-electron chi connectivity index (χ0n) is 12.7. The highest BCUT2D eigenvalue weighted by molar-refractivity contribution is 5.77. The standard InChI is InChI=1S/C18H17F2N3/c19-13-9-12(10-14(20)11-13)18-22-17-16(7-4-8-21-17)23(18)15-5-2-1-3-6-15/h4,7-11,15H,1-3,5-6H2. The number of benzene rings is 1. The summed E-state index contributed by atoms with van der Waals surface area (Å²) >= 11 is 0. The van der Waals surface area contributed by atoms with Gasteiger partial charge >= 0.3 is 0 Å². The van der Waals surface area contributed by atoms with Crippen LogP contribution in [0.5, 0.6) is 0 Å². The maximum Gasteiger partial charge on any atom is 0.178 e. The van der Waals surface area contributed by atoms with Crippen molar-refractivity contribution in [3.8, 4) is 11.4 Å². The summed E-state index contributed by atoms with van der Waals surface area (Å²) < 4.78 is 29.4. The van der Waals surface area contributed by atoms with E-state index in [1.54, 1.807) is 6.20 Å². The summed E-state index contributed by atoms with van der Waals surface area (Å²) in [6.45, 7) is 0. The topological polar surface area (TPSA) is 30.7 Å². The van der Waals surface area contributed by atoms with Crippen LogP contribution in [0.4, 0.5) is 8.78 Å². The van der Waals surface area contributed by atoms with Crippen LogP contribution in [-0.4, -0.2) is 14.5 Å². The Balaban J connectivity index is 1.94. The van der Waals surface area contributed by atoms with Crippen LogP contribution in [0, 0.1) is 11.6 Å². The molecule has 0 N–H and O–H groups in total. The number of fused-ring (bicyclic) bond motifs is 1. The Hall–Kier alpha value is -2.30. The van der Waals surface area contributed by atoms with Gasteiger partial charge in [-0.25, -0.2) is 18.7 Å². The van der Waals surface area contributed by atoms with Gasteiger partial charge < -0.3 is 4.57 Å². The number of rotatable bonds is 2. The van der Waals surface area contributed by atoms with Gasteiger partial charge in [0, 0.05) is 23.9 Å². The van der Waals surface area contributed by atoms with E-state index in [-0.39, 0.29) is 0 Å². The second-order valence-corrected chi connectivity index (χ2v) is 6.10. The quantitative estimate of drug-likeness (QED) is 0.675. The first-order chi connectivity index (χ1) is 11.2. The van der Waals surface area contributed by atoms with E-state index in [2.05, 4.69) is 14.5 Å². The van der Waals surface area contributed by atoms with E-state index >= 15 is 0 Å². The highest BCUT2D eigenvalue weighted by Gasteiger charge is 2.23. The Bertz CT molecular complexity index is 830. The van der Waals surface area contributed by atoms with Gasteiger partial charge in [-0.1, -0.05) is 19.3 Å². The number of hydrogen-bond acceptors (Lipinski definition) is 2. The predicted octanol–water partition coefficient (Wildman–Crippen LogP) is 4.88. The molecule has 23 heavy (non-hydrogen) atoms. The molecule has 1 aliphatic rings. The number of hydrogen-bond donors (Lipinski definition) is 0. The van der Waals surface area contributed by atoms with Crippen LogP contribution in [0.2, 0.25) is 0 Å². The molecule has 0 aliphatic heterocycles. The van der Waals surface area contributed by atoms with Gasteiger partial charge in [0.15, 0.2) is 5.65 Å². The Labute approximate surface area is 133 Å². The molecule has 0 saturated heterocycles. The van der Waals surface area contributed by atoms with Gasteiger partial charge in [0.1, 0.15) is 17.5 Å². The summed E-state index contributed by atoms with van der Waals surface area (Å²) in [5, 5.41) is 0. The third kappa shape index (κ3) is 2.60. The molecule has 0 spiro atoms. The molecular weight excluding hydrogens is 296 g/mol. The second-order valence-electron chi connectivity index (χ2n) is 6.10. The third-order valence-electron chi connectivity index (χ3n) is 4.53. The van der Waals surface area contributed by atoms with Crippen LogP contribution >= 0.6 is 0 Å². The maximum atomic E-state index is 13.7. The molecule has 2 heterocycles. The molecule has 0 radical (unpaired) electrons. The van der Waals surface area contributed by atoms with Crippen molar-refractivity contribution in [1.82, 2.24) is 14.5 Å². The molecule has 0 amide bonds. The van der Waals surface area contributed by atoms with E-state index in [1.807, 2.05) is 12.1 Å². The summed E-state index contributed by atoms with van der Waals surface area (Å²) in [5.74, 6) is -0.575. The Kier molecular flexibility index (Phi) is 3.56. The molecule has 0 atom stereocenters. The van der Waals surface area contributed by atoms with Crippen molar-refractivity contribution in [3.63, 3.8) is 0 Å². The van der Waals surface area contributed by atoms with Crippen molar-refractivity contribution in [1.29, 1.82) is 0 Å². The Morgan fingerprint density at radius 3 is 2.48 bits per heavy atom. The largest absolute Gasteiger partial charge is 0.319 e. The zero-order valence-corrected chi connectivity index (χ0v) is 12.7. The minimum Gasteiger partial charge on any atom is -0.319 e. The molecule has 3 aromatic rings. The molecule has 0 unspecified atom stereocenters. The van der Waals surface area contributed by atoms with Crippen LogP contribution in [-0.2, 0) is 0 Å². The van der Waals surface area contributed by atoms with E-state index in [9.17, 15) is 8.78 Å². The maximum absolute atomic E-state index is 13.7. The fourth-order valence-electron chi connectivity index (χ4n) is 3.53. The fraction of sp³-hybridized carbons (Fsp3) is 0.333. The van der Waals surface area contributed by atoms with Crippen LogP contribution in [0.15, 0.2) is 36.5 Å². The first kappa shape index (κ1) is 14.3. The number of aromatic nitrogens is 3. The van der Waals surface area contributed by atoms with Gasteiger partial charge in [-0.05, 0) is 37.1 Å². The van der Waals surface area contributed by atoms with E-state index in [0.717, 1.165) is 24.4 Å². The normalized spacial score (nSPS) is 16.1. The first-order valence-electron chi connectivity index (χ1n) is 8.02. The van der Waals surface area contributed by atoms with E-state index in [1.165, 1.54) is 31.4 Å². The number of imidazole rings is 1. The minimum absolute atomic E-state index is 0.305. The summed E-state index contributed by atoms with van der Waals surface area (Å²) in [4.78, 5) is 8.87. The van der Waals surface area contributed by atoms with Crippen LogP contribution < -0.4 is 0 Å². The SMILES string of the molecule is Fc1cc(F)cc(-c2nc3ncccc3n2C2CCCCC2)c1. The highest BCUT2D eigenvalue weighted by Crippen LogP contribution is 2.35. The van der Waals surface area contributed by atoms with Gasteiger partial charge in [-0.15, -0.1) is 0 Å². The van der Waals surface area contributed by atoms with Crippen molar-refractivity contribution in [3.05, 3.63) is 48.2 Å². The molecule has 5 heteroatoms. The fourth-order valence-corrected chi connectivity index (χ4v) is 3.53. The summed E-state index contributed by atoms with van der Waals surface area (Å²) in [6.07, 6.45) is 7.39. The second kappa shape index (κ2) is 5.72. The van der Waals surface area contributed by atoms with Crippen molar-refractivity contribution < 1.29 is 8.78 Å². The minimum atomic E-state index is -0.588. The molecular formula is C18H17F2N3. The number of pyridine rings is 1. The van der Waals surface area contributed by atoms with Gasteiger partial charge in [-0.2, -0.15) is 0 Å². The Morgan fingerprint density at radius 1 is 1.00 bits per heavy atom. The Morgan fingerprint density at radius 2 is 1.74 bits per heavy atom. The van der Waals surface area contributed by atoms with Crippen LogP contribution in [0.25, 0.3) is 22.6 Å². The summed E-state index contributed by atoms with van der Waals surface area (Å²) in [7, 11) is 0. The van der Waals surface area contributed by atoms with Crippen LogP contribution in [0.3, 0.4) is 0 Å². The molecule has 3 nitrogen and oxygen atoms in total. The monoisotopic (exact) mass is 313 g/mol. The molecule has 1 fully saturated rings. The van der Waals surface area contributed by atoms with E-state index in [4.69, 9.17) is 0 Å². The molecule has 4 rings (SSSR count). The lowest BCUT2D eigenvalue weighted by Crippen LogP contribution is -2.14. The summed E-state index contributed by atoms with van der Waals surface area (Å²) in [6, 6.07) is 7.71. The molecule has 1 aromatic carbocycles. The third-order valence-corrected chi connectivity index (χ3v) is 4.53. The number of halogens is 2. The van der Waals surface area contributed by atoms with Crippen molar-refractivity contribution in [2.24, 2.45) is 0 Å². The lowest BCUT2D eigenvalue weighted by atomic mass is 9.95. The number of nitrogens with zero attached hydrogens (tertiary/aromatic N) is 3. The smallest absolute Gasteiger partial charge is 0.178 e. The molecule has 2 aromatic heterocycles. The van der Waals surface area contributed by atoms with Gasteiger partial charge in [0.05, 0.1) is 5.52 Å². The molecule has 1 aliphatic carbocycles. The van der Waals surface area contributed by atoms with Crippen molar-refractivity contribution in [2.75, 3.05) is 0 Å². The average molecular weight is 313 g/mol. The lowest BCUT2D eigenvalue weighted by Gasteiger charge is -2.25. The van der Waals surface area contributed by atoms with Crippen molar-refractivity contribution in [2.45, 2.75) is 38.1 Å². The highest BCUT2D eigenvalue weighted by atomic mass is 19.1. The van der Waals surface area contributed by atoms with E-state index in [0.29, 0.717) is 23.1 Å². The molecule has 1 saturated carbocycles. The average Bonchev–Trinajstić information content (AvgIpc) is 2.94. The van der Waals surface area contributed by atoms with Gasteiger partial charge in [0.25, 0.3) is 0 Å². The molecule has 118 valence electrons.